The summed E-state index contributed by atoms with van der Waals surface area (Å²) in [7, 11) is 0. The fourth-order valence-electron chi connectivity index (χ4n) is 2.88. The lowest BCUT2D eigenvalue weighted by Crippen LogP contribution is -2.21. The highest BCUT2D eigenvalue weighted by atomic mass is 35.5. The average Bonchev–Trinajstić information content (AvgIpc) is 3.24. The summed E-state index contributed by atoms with van der Waals surface area (Å²) in [5.74, 6) is -4.57. The average molecular weight is 480 g/mol. The van der Waals surface area contributed by atoms with Crippen LogP contribution in [0.1, 0.15) is 22.1 Å². The number of fused-ring (bicyclic) bond motifs is 1. The Hall–Kier alpha value is -3.92. The van der Waals surface area contributed by atoms with E-state index in [1.807, 2.05) is 0 Å². The number of para-hydroxylation sites is 1. The van der Waals surface area contributed by atoms with Crippen molar-refractivity contribution in [2.45, 2.75) is 12.8 Å². The molecule has 11 heteroatoms. The van der Waals surface area contributed by atoms with Gasteiger partial charge in [-0.05, 0) is 36.4 Å². The number of benzene rings is 2. The minimum atomic E-state index is -5.05. The number of ether oxygens (including phenoxy) is 2. The van der Waals surface area contributed by atoms with Crippen LogP contribution in [0.15, 0.2) is 68.2 Å². The number of aromatic carboxylic acids is 1. The predicted molar refractivity (Wildman–Crippen MR) is 106 cm³/mol. The van der Waals surface area contributed by atoms with Gasteiger partial charge >= 0.3 is 6.18 Å². The number of carboxylic acids is 1. The summed E-state index contributed by atoms with van der Waals surface area (Å²) in [5, 5.41) is 10.6. The number of carboxylic acid groups (broad SMARTS) is 1. The Morgan fingerprint density at radius 1 is 1.06 bits per heavy atom. The summed E-state index contributed by atoms with van der Waals surface area (Å²) in [5.41, 5.74) is -1.45. The highest BCUT2D eigenvalue weighted by molar-refractivity contribution is 6.32. The van der Waals surface area contributed by atoms with Gasteiger partial charge in [-0.25, -0.2) is 0 Å². The molecule has 0 atom stereocenters. The number of hydrogen-bond acceptors (Lipinski definition) is 7. The Kier molecular flexibility index (Phi) is 5.77. The van der Waals surface area contributed by atoms with Gasteiger partial charge in [-0.3, -0.25) is 4.79 Å². The first-order valence-electron chi connectivity index (χ1n) is 9.17. The summed E-state index contributed by atoms with van der Waals surface area (Å²) in [4.78, 5) is 23.6. The maximum atomic E-state index is 13.7. The van der Waals surface area contributed by atoms with E-state index in [1.54, 1.807) is 6.07 Å². The molecule has 2 heterocycles. The van der Waals surface area contributed by atoms with Crippen molar-refractivity contribution in [1.29, 1.82) is 0 Å². The number of hydrogen-bond donors (Lipinski definition) is 0. The molecule has 0 saturated carbocycles. The van der Waals surface area contributed by atoms with Gasteiger partial charge in [0.1, 0.15) is 41.2 Å². The molecule has 4 rings (SSSR count). The smallest absolute Gasteiger partial charge is 0.453 e. The molecule has 4 aromatic rings. The van der Waals surface area contributed by atoms with Gasteiger partial charge in [-0.2, -0.15) is 13.2 Å². The molecule has 7 nitrogen and oxygen atoms in total. The van der Waals surface area contributed by atoms with E-state index < -0.39 is 40.4 Å². The summed E-state index contributed by atoms with van der Waals surface area (Å²) in [6, 6.07) is 11.9. The van der Waals surface area contributed by atoms with Crippen LogP contribution in [0.25, 0.3) is 11.0 Å². The first-order chi connectivity index (χ1) is 15.6. The Bertz CT molecular complexity index is 1410. The van der Waals surface area contributed by atoms with Crippen molar-refractivity contribution in [1.82, 2.24) is 0 Å². The van der Waals surface area contributed by atoms with E-state index in [-0.39, 0.29) is 34.3 Å². The number of carbonyl (C=O) groups is 1. The van der Waals surface area contributed by atoms with Crippen molar-refractivity contribution in [2.24, 2.45) is 0 Å². The molecular formula is C22H11ClF3O7-. The lowest BCUT2D eigenvalue weighted by molar-refractivity contribution is -0.257. The van der Waals surface area contributed by atoms with E-state index in [2.05, 4.69) is 0 Å². The minimum Gasteiger partial charge on any atom is -0.542 e. The zero-order valence-corrected chi connectivity index (χ0v) is 17.0. The molecule has 2 aromatic heterocycles. The van der Waals surface area contributed by atoms with Crippen molar-refractivity contribution in [3.8, 4) is 17.2 Å². The van der Waals surface area contributed by atoms with Gasteiger partial charge in [0.15, 0.2) is 0 Å². The van der Waals surface area contributed by atoms with Gasteiger partial charge in [0.05, 0.1) is 10.4 Å². The van der Waals surface area contributed by atoms with Crippen molar-refractivity contribution in [3.63, 3.8) is 0 Å². The summed E-state index contributed by atoms with van der Waals surface area (Å²) >= 11 is 5.94. The molecule has 0 fully saturated rings. The standard InChI is InChI=1S/C22H12ClF3O7/c23-14-3-1-2-4-15(14)32-19-18(27)13-7-5-11(9-17(13)33-20(19)22(24,25)26)30-10-12-6-8-16(31-12)21(28)29/h1-9H,10H2,(H,28,29)/p-1. The van der Waals surface area contributed by atoms with Gasteiger partial charge < -0.3 is 28.2 Å². The zero-order chi connectivity index (χ0) is 23.8. The van der Waals surface area contributed by atoms with Gasteiger partial charge in [0.2, 0.25) is 11.2 Å². The van der Waals surface area contributed by atoms with Gasteiger partial charge in [0.25, 0.3) is 5.76 Å². The molecule has 0 bridgehead atoms. The predicted octanol–water partition coefficient (Wildman–Crippen LogP) is 4.79. The second-order valence-corrected chi connectivity index (χ2v) is 7.03. The number of carbonyl (C=O) groups excluding carboxylic acids is 1. The Morgan fingerprint density at radius 3 is 2.48 bits per heavy atom. The molecule has 0 aliphatic rings. The van der Waals surface area contributed by atoms with Crippen LogP contribution in [0.3, 0.4) is 0 Å². The summed E-state index contributed by atoms with van der Waals surface area (Å²) < 4.78 is 61.6. The SMILES string of the molecule is O=C([O-])c1ccc(COc2ccc3c(=O)c(Oc4ccccc4Cl)c(C(F)(F)F)oc3c2)o1. The molecule has 170 valence electrons. The van der Waals surface area contributed by atoms with E-state index in [0.29, 0.717) is 0 Å². The van der Waals surface area contributed by atoms with E-state index in [0.717, 1.165) is 6.07 Å². The molecule has 0 aliphatic carbocycles. The van der Waals surface area contributed by atoms with E-state index >= 15 is 0 Å². The third kappa shape index (κ3) is 4.65. The van der Waals surface area contributed by atoms with Gasteiger partial charge in [-0.15, -0.1) is 0 Å². The number of furan rings is 1. The van der Waals surface area contributed by atoms with Crippen LogP contribution in [-0.4, -0.2) is 5.97 Å². The summed E-state index contributed by atoms with van der Waals surface area (Å²) in [6.45, 7) is -0.233. The maximum Gasteiger partial charge on any atom is 0.453 e. The third-order valence-corrected chi connectivity index (χ3v) is 4.68. The fourth-order valence-corrected chi connectivity index (χ4v) is 3.06. The number of alkyl halides is 3. The summed E-state index contributed by atoms with van der Waals surface area (Å²) in [6.07, 6.45) is -5.05. The first-order valence-corrected chi connectivity index (χ1v) is 9.54. The quantitative estimate of drug-likeness (QED) is 0.391. The molecule has 0 amide bonds. The molecule has 0 saturated heterocycles. The van der Waals surface area contributed by atoms with Crippen molar-refractivity contribution in [3.05, 3.63) is 87.1 Å². The van der Waals surface area contributed by atoms with Crippen molar-refractivity contribution in [2.75, 3.05) is 0 Å². The molecule has 0 N–H and O–H groups in total. The van der Waals surface area contributed by atoms with Crippen molar-refractivity contribution < 1.29 is 41.4 Å². The van der Waals surface area contributed by atoms with Crippen LogP contribution in [0.4, 0.5) is 13.2 Å². The molecule has 0 aliphatic heterocycles. The van der Waals surface area contributed by atoms with Crippen LogP contribution < -0.4 is 20.0 Å². The molecule has 0 radical (unpaired) electrons. The Labute approximate surface area is 187 Å². The minimum absolute atomic E-state index is 0.00799. The lowest BCUT2D eigenvalue weighted by Gasteiger charge is -2.14. The van der Waals surface area contributed by atoms with Crippen LogP contribution in [-0.2, 0) is 12.8 Å². The van der Waals surface area contributed by atoms with Crippen LogP contribution in [0.2, 0.25) is 5.02 Å². The monoisotopic (exact) mass is 479 g/mol. The van der Waals surface area contributed by atoms with E-state index in [9.17, 15) is 27.9 Å². The molecule has 33 heavy (non-hydrogen) atoms. The number of halogens is 4. The van der Waals surface area contributed by atoms with Crippen LogP contribution >= 0.6 is 11.6 Å². The normalized spacial score (nSPS) is 11.5. The first kappa shape index (κ1) is 22.3. The molecule has 2 aromatic carbocycles. The topological polar surface area (TPSA) is 102 Å². The van der Waals surface area contributed by atoms with Gasteiger partial charge in [-0.1, -0.05) is 23.7 Å². The van der Waals surface area contributed by atoms with E-state index in [1.165, 1.54) is 42.5 Å². The number of rotatable bonds is 6. The second-order valence-electron chi connectivity index (χ2n) is 6.62. The Balaban J connectivity index is 1.70. The lowest BCUT2D eigenvalue weighted by atomic mass is 10.2. The third-order valence-electron chi connectivity index (χ3n) is 4.37. The van der Waals surface area contributed by atoms with Gasteiger partial charge in [0, 0.05) is 6.07 Å². The van der Waals surface area contributed by atoms with Crippen molar-refractivity contribution >= 4 is 28.5 Å². The maximum absolute atomic E-state index is 13.7. The highest BCUT2D eigenvalue weighted by Crippen LogP contribution is 2.39. The molecule has 0 spiro atoms. The molecule has 0 unspecified atom stereocenters. The van der Waals surface area contributed by atoms with E-state index in [4.69, 9.17) is 29.9 Å². The van der Waals surface area contributed by atoms with Crippen LogP contribution in [0.5, 0.6) is 17.2 Å². The molecular weight excluding hydrogens is 469 g/mol. The second kappa shape index (κ2) is 8.55. The highest BCUT2D eigenvalue weighted by Gasteiger charge is 2.40. The largest absolute Gasteiger partial charge is 0.542 e. The zero-order valence-electron chi connectivity index (χ0n) is 16.3. The fraction of sp³-hybridized carbons (Fsp3) is 0.0909. The van der Waals surface area contributed by atoms with Crippen LogP contribution in [0, 0.1) is 0 Å². The Morgan fingerprint density at radius 2 is 1.82 bits per heavy atom.